The fraction of sp³-hybridized carbons (Fsp3) is 0.600. The zero-order chi connectivity index (χ0) is 12.1. The summed E-state index contributed by atoms with van der Waals surface area (Å²) in [7, 11) is 1.98. The molecule has 1 aromatic rings. The summed E-state index contributed by atoms with van der Waals surface area (Å²) in [4.78, 5) is 0. The monoisotopic (exact) mass is 235 g/mol. The van der Waals surface area contributed by atoms with Gasteiger partial charge in [0.25, 0.3) is 0 Å². The fourth-order valence-corrected chi connectivity index (χ4v) is 3.07. The van der Waals surface area contributed by atoms with Crippen molar-refractivity contribution in [1.29, 1.82) is 0 Å². The van der Waals surface area contributed by atoms with Crippen LogP contribution in [0, 0.1) is 11.7 Å². The van der Waals surface area contributed by atoms with E-state index in [4.69, 9.17) is 0 Å². The van der Waals surface area contributed by atoms with Gasteiger partial charge in [-0.3, -0.25) is 0 Å². The second kappa shape index (κ2) is 6.15. The van der Waals surface area contributed by atoms with Crippen LogP contribution in [-0.4, -0.2) is 13.6 Å². The lowest BCUT2D eigenvalue weighted by molar-refractivity contribution is 0.406. The van der Waals surface area contributed by atoms with Gasteiger partial charge in [0, 0.05) is 0 Å². The highest BCUT2D eigenvalue weighted by molar-refractivity contribution is 5.21. The third-order valence-electron chi connectivity index (χ3n) is 3.95. The molecule has 0 amide bonds. The van der Waals surface area contributed by atoms with E-state index in [2.05, 4.69) is 11.4 Å². The predicted molar refractivity (Wildman–Crippen MR) is 69.6 cm³/mol. The van der Waals surface area contributed by atoms with Crippen LogP contribution in [0.15, 0.2) is 24.3 Å². The van der Waals surface area contributed by atoms with Crippen molar-refractivity contribution in [3.63, 3.8) is 0 Å². The van der Waals surface area contributed by atoms with Crippen molar-refractivity contribution < 1.29 is 4.39 Å². The Hall–Kier alpha value is -0.890. The minimum Gasteiger partial charge on any atom is -0.320 e. The molecule has 0 radical (unpaired) electrons. The van der Waals surface area contributed by atoms with Gasteiger partial charge in [-0.15, -0.1) is 0 Å². The summed E-state index contributed by atoms with van der Waals surface area (Å²) in [5.74, 6) is 1.18. The van der Waals surface area contributed by atoms with Crippen molar-refractivity contribution in [2.75, 3.05) is 13.6 Å². The maximum Gasteiger partial charge on any atom is 0.123 e. The molecule has 1 aromatic carbocycles. The van der Waals surface area contributed by atoms with E-state index >= 15 is 0 Å². The van der Waals surface area contributed by atoms with Crippen molar-refractivity contribution >= 4 is 0 Å². The van der Waals surface area contributed by atoms with Crippen molar-refractivity contribution in [2.45, 2.75) is 38.0 Å². The van der Waals surface area contributed by atoms with E-state index in [1.54, 1.807) is 6.07 Å². The number of hydrogen-bond donors (Lipinski definition) is 1. The van der Waals surface area contributed by atoms with Crippen molar-refractivity contribution in [2.24, 2.45) is 5.92 Å². The fourth-order valence-electron chi connectivity index (χ4n) is 3.07. The number of hydrogen-bond acceptors (Lipinski definition) is 1. The van der Waals surface area contributed by atoms with Gasteiger partial charge in [0.15, 0.2) is 0 Å². The second-order valence-corrected chi connectivity index (χ2v) is 5.10. The van der Waals surface area contributed by atoms with E-state index in [0.717, 1.165) is 18.9 Å². The lowest BCUT2D eigenvalue weighted by atomic mass is 9.82. The number of benzene rings is 1. The summed E-state index contributed by atoms with van der Waals surface area (Å²) in [6, 6.07) is 7.18. The van der Waals surface area contributed by atoms with Gasteiger partial charge in [0.1, 0.15) is 5.82 Å². The SMILES string of the molecule is CNCCC(c1cccc(F)c1)C1CCCC1. The van der Waals surface area contributed by atoms with Gasteiger partial charge in [-0.25, -0.2) is 4.39 Å². The van der Waals surface area contributed by atoms with Gasteiger partial charge in [-0.2, -0.15) is 0 Å². The van der Waals surface area contributed by atoms with Crippen LogP contribution >= 0.6 is 0 Å². The van der Waals surface area contributed by atoms with Crippen LogP contribution in [0.5, 0.6) is 0 Å². The van der Waals surface area contributed by atoms with E-state index in [-0.39, 0.29) is 5.82 Å². The molecule has 1 atom stereocenters. The molecule has 17 heavy (non-hydrogen) atoms. The maximum absolute atomic E-state index is 13.3. The van der Waals surface area contributed by atoms with Crippen LogP contribution in [-0.2, 0) is 0 Å². The Labute approximate surface area is 103 Å². The molecule has 1 aliphatic rings. The molecule has 1 fully saturated rings. The molecule has 94 valence electrons. The van der Waals surface area contributed by atoms with Gasteiger partial charge in [-0.1, -0.05) is 25.0 Å². The molecule has 1 N–H and O–H groups in total. The molecular formula is C15H22FN. The first-order valence-corrected chi connectivity index (χ1v) is 6.71. The molecule has 0 bridgehead atoms. The summed E-state index contributed by atoms with van der Waals surface area (Å²) < 4.78 is 13.3. The van der Waals surface area contributed by atoms with Crippen LogP contribution < -0.4 is 5.32 Å². The molecule has 1 unspecified atom stereocenters. The van der Waals surface area contributed by atoms with Gasteiger partial charge < -0.3 is 5.32 Å². The van der Waals surface area contributed by atoms with E-state index in [0.29, 0.717) is 5.92 Å². The highest BCUT2D eigenvalue weighted by atomic mass is 19.1. The van der Waals surface area contributed by atoms with Gasteiger partial charge in [0.05, 0.1) is 0 Å². The molecular weight excluding hydrogens is 213 g/mol. The number of nitrogens with one attached hydrogen (secondary N) is 1. The molecule has 0 heterocycles. The molecule has 2 heteroatoms. The molecule has 1 saturated carbocycles. The Morgan fingerprint density at radius 2 is 2.12 bits per heavy atom. The first-order chi connectivity index (χ1) is 8.31. The standard InChI is InChI=1S/C15H22FN/c1-17-10-9-15(12-5-2-3-6-12)13-7-4-8-14(16)11-13/h4,7-8,11-12,15,17H,2-3,5-6,9-10H2,1H3. The number of rotatable bonds is 5. The van der Waals surface area contributed by atoms with Gasteiger partial charge >= 0.3 is 0 Å². The predicted octanol–water partition coefficient (Wildman–Crippen LogP) is 3.71. The third-order valence-corrected chi connectivity index (χ3v) is 3.95. The smallest absolute Gasteiger partial charge is 0.123 e. The van der Waals surface area contributed by atoms with Crippen LogP contribution in [0.25, 0.3) is 0 Å². The van der Waals surface area contributed by atoms with E-state index in [1.165, 1.54) is 37.3 Å². The van der Waals surface area contributed by atoms with Crippen LogP contribution in [0.1, 0.15) is 43.6 Å². The Morgan fingerprint density at radius 3 is 2.76 bits per heavy atom. The molecule has 1 nitrogen and oxygen atoms in total. The summed E-state index contributed by atoms with van der Waals surface area (Å²) in [5.41, 5.74) is 1.19. The molecule has 0 aromatic heterocycles. The Bertz CT molecular complexity index is 345. The summed E-state index contributed by atoms with van der Waals surface area (Å²) in [5, 5.41) is 3.21. The molecule has 2 rings (SSSR count). The highest BCUT2D eigenvalue weighted by Crippen LogP contribution is 2.39. The van der Waals surface area contributed by atoms with E-state index in [9.17, 15) is 4.39 Å². The number of halogens is 1. The molecule has 1 aliphatic carbocycles. The lowest BCUT2D eigenvalue weighted by Gasteiger charge is -2.24. The summed E-state index contributed by atoms with van der Waals surface area (Å²) in [6.07, 6.45) is 6.42. The molecule has 0 saturated heterocycles. The van der Waals surface area contributed by atoms with E-state index < -0.39 is 0 Å². The van der Waals surface area contributed by atoms with Gasteiger partial charge in [0.2, 0.25) is 0 Å². The Balaban J connectivity index is 2.13. The average molecular weight is 235 g/mol. The minimum atomic E-state index is -0.102. The summed E-state index contributed by atoms with van der Waals surface area (Å²) in [6.45, 7) is 1.01. The zero-order valence-corrected chi connectivity index (χ0v) is 10.6. The maximum atomic E-state index is 13.3. The first kappa shape index (κ1) is 12.6. The molecule has 0 aliphatic heterocycles. The first-order valence-electron chi connectivity index (χ1n) is 6.71. The second-order valence-electron chi connectivity index (χ2n) is 5.10. The lowest BCUT2D eigenvalue weighted by Crippen LogP contribution is -2.17. The third kappa shape index (κ3) is 3.29. The Morgan fingerprint density at radius 1 is 1.35 bits per heavy atom. The van der Waals surface area contributed by atoms with E-state index in [1.807, 2.05) is 13.1 Å². The quantitative estimate of drug-likeness (QED) is 0.820. The summed E-state index contributed by atoms with van der Waals surface area (Å²) >= 11 is 0. The minimum absolute atomic E-state index is 0.102. The van der Waals surface area contributed by atoms with Gasteiger partial charge in [-0.05, 0) is 62.4 Å². The van der Waals surface area contributed by atoms with Crippen molar-refractivity contribution in [1.82, 2.24) is 5.32 Å². The van der Waals surface area contributed by atoms with Crippen LogP contribution in [0.2, 0.25) is 0 Å². The van der Waals surface area contributed by atoms with Crippen LogP contribution in [0.3, 0.4) is 0 Å². The largest absolute Gasteiger partial charge is 0.320 e. The average Bonchev–Trinajstić information content (AvgIpc) is 2.83. The van der Waals surface area contributed by atoms with Crippen molar-refractivity contribution in [3.8, 4) is 0 Å². The van der Waals surface area contributed by atoms with Crippen molar-refractivity contribution in [3.05, 3.63) is 35.6 Å². The zero-order valence-electron chi connectivity index (χ0n) is 10.6. The molecule has 0 spiro atoms. The highest BCUT2D eigenvalue weighted by Gasteiger charge is 2.25. The Kier molecular flexibility index (Phi) is 4.55. The van der Waals surface area contributed by atoms with Crippen LogP contribution in [0.4, 0.5) is 4.39 Å². The normalized spacial score (nSPS) is 18.5. The topological polar surface area (TPSA) is 12.0 Å².